The normalized spacial score (nSPS) is 19.8. The fourth-order valence-corrected chi connectivity index (χ4v) is 4.99. The average molecular weight is 268 g/mol. The number of fused-ring (bicyclic) bond motifs is 1. The fourth-order valence-electron chi connectivity index (χ4n) is 2.48. The third-order valence-corrected chi connectivity index (χ3v) is 6.33. The number of rotatable bonds is 4. The summed E-state index contributed by atoms with van der Waals surface area (Å²) in [4.78, 5) is 3.11. The second-order valence-electron chi connectivity index (χ2n) is 4.97. The van der Waals surface area contributed by atoms with Gasteiger partial charge in [-0.05, 0) is 56.0 Å². The van der Waals surface area contributed by atoms with Crippen LogP contribution in [0.5, 0.6) is 0 Å². The first-order valence-electron chi connectivity index (χ1n) is 6.63. The third-order valence-electron chi connectivity index (χ3n) is 3.78. The van der Waals surface area contributed by atoms with Crippen LogP contribution >= 0.6 is 23.3 Å². The van der Waals surface area contributed by atoms with Gasteiger partial charge in [0.15, 0.2) is 0 Å². The molecule has 1 aromatic heterocycles. The van der Waals surface area contributed by atoms with E-state index < -0.39 is 0 Å². The molecule has 2 aliphatic carbocycles. The Bertz CT molecular complexity index is 396. The van der Waals surface area contributed by atoms with Crippen molar-refractivity contribution in [2.24, 2.45) is 0 Å². The lowest BCUT2D eigenvalue weighted by Gasteiger charge is -2.26. The van der Waals surface area contributed by atoms with Crippen LogP contribution in [-0.2, 0) is 12.8 Å². The summed E-state index contributed by atoms with van der Waals surface area (Å²) in [6.07, 6.45) is 9.42. The maximum atomic E-state index is 3.63. The van der Waals surface area contributed by atoms with Crippen molar-refractivity contribution < 1.29 is 0 Å². The van der Waals surface area contributed by atoms with E-state index in [0.29, 0.717) is 0 Å². The van der Waals surface area contributed by atoms with Gasteiger partial charge < -0.3 is 5.32 Å². The van der Waals surface area contributed by atoms with Crippen LogP contribution in [-0.4, -0.2) is 13.1 Å². The van der Waals surface area contributed by atoms with Gasteiger partial charge in [0.2, 0.25) is 0 Å². The number of nitrogens with one attached hydrogen (secondary N) is 2. The van der Waals surface area contributed by atoms with Crippen LogP contribution in [0, 0.1) is 0 Å². The molecule has 0 radical (unpaired) electrons. The molecule has 4 heteroatoms. The Kier molecular flexibility index (Phi) is 3.64. The van der Waals surface area contributed by atoms with E-state index in [-0.39, 0.29) is 0 Å². The Morgan fingerprint density at radius 3 is 2.71 bits per heavy atom. The van der Waals surface area contributed by atoms with E-state index in [1.165, 1.54) is 54.8 Å². The van der Waals surface area contributed by atoms with Crippen molar-refractivity contribution in [3.63, 3.8) is 0 Å². The minimum Gasteiger partial charge on any atom is -0.379 e. The molecule has 0 saturated heterocycles. The fraction of sp³-hybridized carbons (Fsp3) is 0.692. The zero-order valence-corrected chi connectivity index (χ0v) is 12.0. The molecule has 2 nitrogen and oxygen atoms in total. The van der Waals surface area contributed by atoms with Gasteiger partial charge in [-0.1, -0.05) is 6.42 Å². The van der Waals surface area contributed by atoms with E-state index in [1.54, 1.807) is 10.4 Å². The van der Waals surface area contributed by atoms with E-state index in [1.807, 2.05) is 30.3 Å². The first-order chi connectivity index (χ1) is 8.38. The van der Waals surface area contributed by atoms with Crippen LogP contribution in [0.3, 0.4) is 0 Å². The molecular weight excluding hydrogens is 248 g/mol. The van der Waals surface area contributed by atoms with E-state index in [2.05, 4.69) is 10.0 Å². The highest BCUT2D eigenvalue weighted by Crippen LogP contribution is 2.43. The number of aryl methyl sites for hydroxylation is 1. The Labute approximate surface area is 112 Å². The molecular formula is C13H20N2S2. The molecule has 0 unspecified atom stereocenters. The first-order valence-corrected chi connectivity index (χ1v) is 8.26. The summed E-state index contributed by atoms with van der Waals surface area (Å²) in [7, 11) is 2.05. The van der Waals surface area contributed by atoms with Crippen LogP contribution in [0.15, 0.2) is 4.90 Å². The highest BCUT2D eigenvalue weighted by molar-refractivity contribution is 7.97. The predicted molar refractivity (Wildman–Crippen MR) is 77.1 cm³/mol. The monoisotopic (exact) mass is 268 g/mol. The van der Waals surface area contributed by atoms with Crippen molar-refractivity contribution in [1.29, 1.82) is 0 Å². The van der Waals surface area contributed by atoms with Crippen molar-refractivity contribution in [3.8, 4) is 0 Å². The summed E-state index contributed by atoms with van der Waals surface area (Å²) in [6, 6.07) is 0.754. The van der Waals surface area contributed by atoms with Crippen molar-refractivity contribution >= 4 is 28.3 Å². The Morgan fingerprint density at radius 2 is 2.00 bits per heavy atom. The Balaban J connectivity index is 1.77. The zero-order chi connectivity index (χ0) is 11.7. The molecule has 0 atom stereocenters. The van der Waals surface area contributed by atoms with Gasteiger partial charge in [0.05, 0.1) is 4.90 Å². The van der Waals surface area contributed by atoms with Gasteiger partial charge in [-0.3, -0.25) is 4.72 Å². The highest BCUT2D eigenvalue weighted by atomic mass is 32.2. The maximum absolute atomic E-state index is 3.63. The quantitative estimate of drug-likeness (QED) is 0.812. The van der Waals surface area contributed by atoms with Crippen LogP contribution in [0.1, 0.15) is 42.5 Å². The standard InChI is InChI=1S/C13H20N2S2/c1-14-13-12(17-15-9-5-4-6-9)10-7-2-3-8-11(10)16-13/h9,14-15H,2-8H2,1H3. The summed E-state index contributed by atoms with van der Waals surface area (Å²) < 4.78 is 3.63. The summed E-state index contributed by atoms with van der Waals surface area (Å²) >= 11 is 3.84. The van der Waals surface area contributed by atoms with Gasteiger partial charge in [-0.2, -0.15) is 0 Å². The van der Waals surface area contributed by atoms with E-state index in [4.69, 9.17) is 0 Å². The van der Waals surface area contributed by atoms with Crippen LogP contribution in [0.2, 0.25) is 0 Å². The lowest BCUT2D eigenvalue weighted by atomic mass is 9.94. The molecule has 1 aromatic rings. The number of hydrogen-bond acceptors (Lipinski definition) is 4. The van der Waals surface area contributed by atoms with Crippen LogP contribution in [0.4, 0.5) is 5.00 Å². The molecule has 3 rings (SSSR count). The molecule has 1 fully saturated rings. The highest BCUT2D eigenvalue weighted by Gasteiger charge is 2.23. The molecule has 0 aliphatic heterocycles. The van der Waals surface area contributed by atoms with E-state index in [9.17, 15) is 0 Å². The SMILES string of the molecule is CNc1sc2c(c1SNC1CCC1)CCCC2. The molecule has 17 heavy (non-hydrogen) atoms. The second kappa shape index (κ2) is 5.21. The number of hydrogen-bond donors (Lipinski definition) is 2. The predicted octanol–water partition coefficient (Wildman–Crippen LogP) is 3.82. The van der Waals surface area contributed by atoms with Gasteiger partial charge in [0, 0.05) is 18.0 Å². The summed E-state index contributed by atoms with van der Waals surface area (Å²) in [5.41, 5.74) is 1.63. The molecule has 1 heterocycles. The summed E-state index contributed by atoms with van der Waals surface area (Å²) in [5.74, 6) is 0. The van der Waals surface area contributed by atoms with Crippen molar-refractivity contribution in [3.05, 3.63) is 10.4 Å². The lowest BCUT2D eigenvalue weighted by molar-refractivity contribution is 0.395. The van der Waals surface area contributed by atoms with Gasteiger partial charge >= 0.3 is 0 Å². The number of anilines is 1. The van der Waals surface area contributed by atoms with E-state index >= 15 is 0 Å². The molecule has 0 aromatic carbocycles. The van der Waals surface area contributed by atoms with Crippen LogP contribution in [0.25, 0.3) is 0 Å². The molecule has 2 aliphatic rings. The molecule has 2 N–H and O–H groups in total. The zero-order valence-electron chi connectivity index (χ0n) is 10.3. The summed E-state index contributed by atoms with van der Waals surface area (Å²) in [5, 5.41) is 4.74. The van der Waals surface area contributed by atoms with Gasteiger partial charge in [0.1, 0.15) is 5.00 Å². The lowest BCUT2D eigenvalue weighted by Crippen LogP contribution is -2.30. The Hall–Kier alpha value is -0.190. The summed E-state index contributed by atoms with van der Waals surface area (Å²) in [6.45, 7) is 0. The molecule has 0 amide bonds. The van der Waals surface area contributed by atoms with Gasteiger partial charge in [0.25, 0.3) is 0 Å². The third kappa shape index (κ3) is 2.35. The first kappa shape index (κ1) is 11.9. The van der Waals surface area contributed by atoms with Crippen molar-refractivity contribution in [2.45, 2.75) is 55.9 Å². The van der Waals surface area contributed by atoms with Crippen LogP contribution < -0.4 is 10.0 Å². The Morgan fingerprint density at radius 1 is 1.18 bits per heavy atom. The topological polar surface area (TPSA) is 24.1 Å². The molecule has 1 saturated carbocycles. The van der Waals surface area contributed by atoms with Gasteiger partial charge in [-0.25, -0.2) is 0 Å². The van der Waals surface area contributed by atoms with Gasteiger partial charge in [-0.15, -0.1) is 11.3 Å². The van der Waals surface area contributed by atoms with Crippen molar-refractivity contribution in [1.82, 2.24) is 4.72 Å². The van der Waals surface area contributed by atoms with Crippen molar-refractivity contribution in [2.75, 3.05) is 12.4 Å². The largest absolute Gasteiger partial charge is 0.379 e. The van der Waals surface area contributed by atoms with E-state index in [0.717, 1.165) is 6.04 Å². The average Bonchev–Trinajstić information content (AvgIpc) is 2.66. The number of thiophene rings is 1. The molecule has 0 bridgehead atoms. The minimum absolute atomic E-state index is 0.754. The molecule has 0 spiro atoms. The minimum atomic E-state index is 0.754. The molecule has 94 valence electrons. The smallest absolute Gasteiger partial charge is 0.104 e. The maximum Gasteiger partial charge on any atom is 0.104 e. The second-order valence-corrected chi connectivity index (χ2v) is 6.92.